The Morgan fingerprint density at radius 2 is 1.90 bits per heavy atom. The Balaban J connectivity index is 1.75. The lowest BCUT2D eigenvalue weighted by Gasteiger charge is -2.21. The van der Waals surface area contributed by atoms with E-state index in [4.69, 9.17) is 5.73 Å². The maximum absolute atomic E-state index is 5.86. The third-order valence-electron chi connectivity index (χ3n) is 4.27. The number of nitrogens with one attached hydrogen (secondary N) is 1. The summed E-state index contributed by atoms with van der Waals surface area (Å²) in [6.07, 6.45) is 2.29. The summed E-state index contributed by atoms with van der Waals surface area (Å²) in [4.78, 5) is 0. The molecule has 1 unspecified atom stereocenters. The van der Waals surface area contributed by atoms with Crippen molar-refractivity contribution in [2.45, 2.75) is 38.8 Å². The average Bonchev–Trinajstić information content (AvgIpc) is 2.81. The fraction of sp³-hybridized carbons (Fsp3) is 0.333. The van der Waals surface area contributed by atoms with Crippen LogP contribution in [0.2, 0.25) is 0 Å². The van der Waals surface area contributed by atoms with E-state index in [1.54, 1.807) is 0 Å². The summed E-state index contributed by atoms with van der Waals surface area (Å²) < 4.78 is 0. The normalized spacial score (nSPS) is 18.8. The number of fused-ring (bicyclic) bond motifs is 1. The summed E-state index contributed by atoms with van der Waals surface area (Å²) in [5.74, 6) is 0. The first kappa shape index (κ1) is 13.2. The Kier molecular flexibility index (Phi) is 3.49. The molecule has 0 amide bonds. The number of aryl methyl sites for hydroxylation is 2. The van der Waals surface area contributed by atoms with Gasteiger partial charge in [-0.25, -0.2) is 0 Å². The van der Waals surface area contributed by atoms with E-state index in [0.717, 1.165) is 18.5 Å². The van der Waals surface area contributed by atoms with Crippen molar-refractivity contribution in [1.82, 2.24) is 5.32 Å². The molecule has 0 radical (unpaired) electrons. The van der Waals surface area contributed by atoms with Crippen LogP contribution in [-0.4, -0.2) is 0 Å². The van der Waals surface area contributed by atoms with Crippen molar-refractivity contribution in [2.75, 3.05) is 5.73 Å². The SMILES string of the molecule is Cc1ccc([C@H](C)NC2CCc3cc(N)ccc32)cc1. The Morgan fingerprint density at radius 1 is 1.15 bits per heavy atom. The first-order valence-electron chi connectivity index (χ1n) is 7.34. The van der Waals surface area contributed by atoms with Gasteiger partial charge >= 0.3 is 0 Å². The van der Waals surface area contributed by atoms with Gasteiger partial charge in [0.25, 0.3) is 0 Å². The van der Waals surface area contributed by atoms with Crippen LogP contribution in [0.5, 0.6) is 0 Å². The highest BCUT2D eigenvalue weighted by molar-refractivity contribution is 5.47. The topological polar surface area (TPSA) is 38.0 Å². The van der Waals surface area contributed by atoms with E-state index < -0.39 is 0 Å². The number of rotatable bonds is 3. The van der Waals surface area contributed by atoms with Gasteiger partial charge in [0.05, 0.1) is 0 Å². The molecule has 0 aromatic heterocycles. The maximum Gasteiger partial charge on any atom is 0.0331 e. The monoisotopic (exact) mass is 266 g/mol. The standard InChI is InChI=1S/C18H22N2/c1-12-3-5-14(6-4-12)13(2)20-18-10-7-15-11-16(19)8-9-17(15)18/h3-6,8-9,11,13,18,20H,7,10,19H2,1-2H3/t13-,18?/m0/s1. The van der Waals surface area contributed by atoms with E-state index in [2.05, 4.69) is 55.6 Å². The second-order valence-electron chi connectivity index (χ2n) is 5.85. The third kappa shape index (κ3) is 2.56. The highest BCUT2D eigenvalue weighted by atomic mass is 14.9. The lowest BCUT2D eigenvalue weighted by atomic mass is 10.0. The van der Waals surface area contributed by atoms with Crippen molar-refractivity contribution in [3.05, 3.63) is 64.7 Å². The largest absolute Gasteiger partial charge is 0.399 e. The number of nitrogen functional groups attached to an aromatic ring is 1. The molecule has 2 aromatic rings. The van der Waals surface area contributed by atoms with Gasteiger partial charge in [-0.05, 0) is 55.5 Å². The molecule has 0 heterocycles. The van der Waals surface area contributed by atoms with Crippen LogP contribution in [-0.2, 0) is 6.42 Å². The lowest BCUT2D eigenvalue weighted by molar-refractivity contribution is 0.465. The van der Waals surface area contributed by atoms with E-state index >= 15 is 0 Å². The fourth-order valence-electron chi connectivity index (χ4n) is 3.06. The summed E-state index contributed by atoms with van der Waals surface area (Å²) in [6.45, 7) is 4.36. The molecule has 0 saturated carbocycles. The van der Waals surface area contributed by atoms with Gasteiger partial charge in [-0.2, -0.15) is 0 Å². The molecule has 0 spiro atoms. The van der Waals surface area contributed by atoms with Gasteiger partial charge in [-0.1, -0.05) is 35.9 Å². The number of hydrogen-bond acceptors (Lipinski definition) is 2. The minimum Gasteiger partial charge on any atom is -0.399 e. The first-order valence-corrected chi connectivity index (χ1v) is 7.34. The molecule has 2 nitrogen and oxygen atoms in total. The van der Waals surface area contributed by atoms with Crippen LogP contribution in [0, 0.1) is 6.92 Å². The van der Waals surface area contributed by atoms with Crippen LogP contribution in [0.3, 0.4) is 0 Å². The molecule has 104 valence electrons. The zero-order valence-corrected chi connectivity index (χ0v) is 12.2. The van der Waals surface area contributed by atoms with Crippen LogP contribution >= 0.6 is 0 Å². The zero-order valence-electron chi connectivity index (χ0n) is 12.2. The molecule has 1 aliphatic carbocycles. The quantitative estimate of drug-likeness (QED) is 0.826. The molecule has 2 aromatic carbocycles. The average molecular weight is 266 g/mol. The molecule has 0 aliphatic heterocycles. The lowest BCUT2D eigenvalue weighted by Crippen LogP contribution is -2.23. The molecule has 2 atom stereocenters. The number of hydrogen-bond donors (Lipinski definition) is 2. The Morgan fingerprint density at radius 3 is 2.65 bits per heavy atom. The Hall–Kier alpha value is -1.80. The molecule has 3 rings (SSSR count). The van der Waals surface area contributed by atoms with Gasteiger partial charge in [0, 0.05) is 17.8 Å². The smallest absolute Gasteiger partial charge is 0.0331 e. The molecule has 2 heteroatoms. The van der Waals surface area contributed by atoms with Crippen LogP contribution in [0.15, 0.2) is 42.5 Å². The molecular weight excluding hydrogens is 244 g/mol. The summed E-state index contributed by atoms with van der Waals surface area (Å²) in [5, 5.41) is 3.75. The fourth-order valence-corrected chi connectivity index (χ4v) is 3.06. The van der Waals surface area contributed by atoms with Crippen LogP contribution in [0.1, 0.15) is 47.7 Å². The predicted molar refractivity (Wildman–Crippen MR) is 84.6 cm³/mol. The molecule has 1 aliphatic rings. The molecule has 20 heavy (non-hydrogen) atoms. The van der Waals surface area contributed by atoms with E-state index in [9.17, 15) is 0 Å². The summed E-state index contributed by atoms with van der Waals surface area (Å²) in [6, 6.07) is 15.9. The first-order chi connectivity index (χ1) is 9.63. The molecule has 0 fully saturated rings. The minimum atomic E-state index is 0.365. The summed E-state index contributed by atoms with van der Waals surface area (Å²) in [7, 11) is 0. The maximum atomic E-state index is 5.86. The van der Waals surface area contributed by atoms with Crippen molar-refractivity contribution < 1.29 is 0 Å². The van der Waals surface area contributed by atoms with Crippen LogP contribution < -0.4 is 11.1 Å². The second kappa shape index (κ2) is 5.29. The van der Waals surface area contributed by atoms with Gasteiger partial charge in [-0.3, -0.25) is 0 Å². The van der Waals surface area contributed by atoms with Crippen molar-refractivity contribution >= 4 is 5.69 Å². The van der Waals surface area contributed by atoms with Crippen molar-refractivity contribution in [3.8, 4) is 0 Å². The van der Waals surface area contributed by atoms with Gasteiger partial charge < -0.3 is 11.1 Å². The van der Waals surface area contributed by atoms with Crippen LogP contribution in [0.4, 0.5) is 5.69 Å². The van der Waals surface area contributed by atoms with E-state index in [1.165, 1.54) is 22.3 Å². The Labute approximate surface area is 121 Å². The molecule has 0 saturated heterocycles. The molecule has 0 bridgehead atoms. The zero-order chi connectivity index (χ0) is 14.1. The predicted octanol–water partition coefficient (Wildman–Crippen LogP) is 3.92. The second-order valence-corrected chi connectivity index (χ2v) is 5.85. The van der Waals surface area contributed by atoms with Gasteiger partial charge in [-0.15, -0.1) is 0 Å². The molecular formula is C18H22N2. The highest BCUT2D eigenvalue weighted by Crippen LogP contribution is 2.34. The number of benzene rings is 2. The minimum absolute atomic E-state index is 0.365. The van der Waals surface area contributed by atoms with Crippen molar-refractivity contribution in [3.63, 3.8) is 0 Å². The number of nitrogens with two attached hydrogens (primary N) is 1. The van der Waals surface area contributed by atoms with Crippen molar-refractivity contribution in [1.29, 1.82) is 0 Å². The van der Waals surface area contributed by atoms with E-state index in [-0.39, 0.29) is 0 Å². The van der Waals surface area contributed by atoms with Crippen molar-refractivity contribution in [2.24, 2.45) is 0 Å². The summed E-state index contributed by atoms with van der Waals surface area (Å²) >= 11 is 0. The molecule has 3 N–H and O–H groups in total. The van der Waals surface area contributed by atoms with Gasteiger partial charge in [0.1, 0.15) is 0 Å². The van der Waals surface area contributed by atoms with Gasteiger partial charge in [0.15, 0.2) is 0 Å². The highest BCUT2D eigenvalue weighted by Gasteiger charge is 2.23. The van der Waals surface area contributed by atoms with E-state index in [0.29, 0.717) is 12.1 Å². The van der Waals surface area contributed by atoms with Crippen LogP contribution in [0.25, 0.3) is 0 Å². The van der Waals surface area contributed by atoms with E-state index in [1.807, 2.05) is 6.07 Å². The van der Waals surface area contributed by atoms with Gasteiger partial charge in [0.2, 0.25) is 0 Å². The Bertz CT molecular complexity index is 601. The number of anilines is 1. The third-order valence-corrected chi connectivity index (χ3v) is 4.27. The summed E-state index contributed by atoms with van der Waals surface area (Å²) in [5.41, 5.74) is 12.2.